The van der Waals surface area contributed by atoms with Gasteiger partial charge in [-0.2, -0.15) is 0 Å². The maximum Gasteiger partial charge on any atom is 0.140 e. The number of hydrogen-bond donors (Lipinski definition) is 1. The number of fused-ring (bicyclic) bond motifs is 1. The fourth-order valence-corrected chi connectivity index (χ4v) is 2.94. The van der Waals surface area contributed by atoms with Gasteiger partial charge in [0.25, 0.3) is 0 Å². The van der Waals surface area contributed by atoms with Gasteiger partial charge in [0.1, 0.15) is 5.65 Å². The van der Waals surface area contributed by atoms with Gasteiger partial charge in [0.2, 0.25) is 0 Å². The smallest absolute Gasteiger partial charge is 0.140 e. The third kappa shape index (κ3) is 3.04. The standard InChI is InChI=1S/C17H25N3/c1-3-5-13(2)11-20-12-14(10-19-15-7-8-15)16-6-4-9-18-17(16)20/h4,6,9,12-13,15,19H,3,5,7-8,10-11H2,1-2H3. The second-order valence-corrected chi connectivity index (χ2v) is 6.23. The van der Waals surface area contributed by atoms with E-state index in [-0.39, 0.29) is 0 Å². The fourth-order valence-electron chi connectivity index (χ4n) is 2.94. The molecule has 0 saturated heterocycles. The van der Waals surface area contributed by atoms with Crippen molar-refractivity contribution in [2.45, 2.75) is 58.7 Å². The van der Waals surface area contributed by atoms with Crippen molar-refractivity contribution in [1.29, 1.82) is 0 Å². The number of nitrogens with one attached hydrogen (secondary N) is 1. The van der Waals surface area contributed by atoms with Crippen LogP contribution in [-0.4, -0.2) is 15.6 Å². The lowest BCUT2D eigenvalue weighted by Gasteiger charge is -2.11. The molecule has 1 N–H and O–H groups in total. The zero-order valence-electron chi connectivity index (χ0n) is 12.6. The summed E-state index contributed by atoms with van der Waals surface area (Å²) in [5.74, 6) is 0.710. The molecule has 2 heterocycles. The van der Waals surface area contributed by atoms with E-state index in [1.54, 1.807) is 0 Å². The van der Waals surface area contributed by atoms with Gasteiger partial charge in [0, 0.05) is 36.9 Å². The molecule has 0 spiro atoms. The molecule has 3 nitrogen and oxygen atoms in total. The Morgan fingerprint density at radius 2 is 2.30 bits per heavy atom. The van der Waals surface area contributed by atoms with Crippen molar-refractivity contribution in [2.24, 2.45) is 5.92 Å². The molecule has 0 bridgehead atoms. The topological polar surface area (TPSA) is 29.9 Å². The zero-order chi connectivity index (χ0) is 13.9. The summed E-state index contributed by atoms with van der Waals surface area (Å²) >= 11 is 0. The van der Waals surface area contributed by atoms with Gasteiger partial charge in [0.05, 0.1) is 0 Å². The van der Waals surface area contributed by atoms with Gasteiger partial charge in [-0.3, -0.25) is 0 Å². The largest absolute Gasteiger partial charge is 0.332 e. The first kappa shape index (κ1) is 13.6. The molecular weight excluding hydrogens is 246 g/mol. The molecule has 2 aromatic heterocycles. The van der Waals surface area contributed by atoms with E-state index in [0.717, 1.165) is 24.8 Å². The van der Waals surface area contributed by atoms with E-state index in [2.05, 4.69) is 41.0 Å². The highest BCUT2D eigenvalue weighted by Crippen LogP contribution is 2.24. The molecule has 2 aromatic rings. The number of nitrogens with zero attached hydrogens (tertiary/aromatic N) is 2. The molecule has 1 atom stereocenters. The molecule has 1 fully saturated rings. The number of aromatic nitrogens is 2. The van der Waals surface area contributed by atoms with Crippen molar-refractivity contribution in [2.75, 3.05) is 0 Å². The Balaban J connectivity index is 1.82. The quantitative estimate of drug-likeness (QED) is 0.831. The average molecular weight is 271 g/mol. The van der Waals surface area contributed by atoms with Crippen LogP contribution < -0.4 is 5.32 Å². The lowest BCUT2D eigenvalue weighted by Crippen LogP contribution is -2.15. The maximum absolute atomic E-state index is 4.59. The predicted octanol–water partition coefficient (Wildman–Crippen LogP) is 3.72. The summed E-state index contributed by atoms with van der Waals surface area (Å²) in [5.41, 5.74) is 2.53. The van der Waals surface area contributed by atoms with E-state index in [1.165, 1.54) is 36.6 Å². The van der Waals surface area contributed by atoms with E-state index < -0.39 is 0 Å². The zero-order valence-corrected chi connectivity index (χ0v) is 12.6. The lowest BCUT2D eigenvalue weighted by molar-refractivity contribution is 0.451. The summed E-state index contributed by atoms with van der Waals surface area (Å²) in [5, 5.41) is 4.93. The Hall–Kier alpha value is -1.35. The SMILES string of the molecule is CCCC(C)Cn1cc(CNC2CC2)c2cccnc21. The van der Waals surface area contributed by atoms with Gasteiger partial charge < -0.3 is 9.88 Å². The fraction of sp³-hybridized carbons (Fsp3) is 0.588. The van der Waals surface area contributed by atoms with Crippen molar-refractivity contribution in [1.82, 2.24) is 14.9 Å². The predicted molar refractivity (Wildman–Crippen MR) is 83.7 cm³/mol. The second kappa shape index (κ2) is 5.96. The second-order valence-electron chi connectivity index (χ2n) is 6.23. The summed E-state index contributed by atoms with van der Waals surface area (Å²) in [6.45, 7) is 6.64. The van der Waals surface area contributed by atoms with Crippen LogP contribution in [0.5, 0.6) is 0 Å². The van der Waals surface area contributed by atoms with Gasteiger partial charge in [-0.25, -0.2) is 4.98 Å². The molecule has 0 aliphatic heterocycles. The highest BCUT2D eigenvalue weighted by molar-refractivity contribution is 5.80. The molecule has 20 heavy (non-hydrogen) atoms. The van der Waals surface area contributed by atoms with Crippen LogP contribution in [0, 0.1) is 5.92 Å². The molecule has 1 aliphatic carbocycles. The van der Waals surface area contributed by atoms with E-state index in [0.29, 0.717) is 5.92 Å². The van der Waals surface area contributed by atoms with Crippen molar-refractivity contribution < 1.29 is 0 Å². The Morgan fingerprint density at radius 3 is 3.05 bits per heavy atom. The van der Waals surface area contributed by atoms with Crippen LogP contribution in [0.15, 0.2) is 24.5 Å². The van der Waals surface area contributed by atoms with Crippen LogP contribution in [0.2, 0.25) is 0 Å². The van der Waals surface area contributed by atoms with Crippen LogP contribution in [0.25, 0.3) is 11.0 Å². The van der Waals surface area contributed by atoms with E-state index in [9.17, 15) is 0 Å². The summed E-state index contributed by atoms with van der Waals surface area (Å²) < 4.78 is 2.35. The third-order valence-corrected chi connectivity index (χ3v) is 4.16. The van der Waals surface area contributed by atoms with E-state index in [1.807, 2.05) is 12.3 Å². The first-order valence-electron chi connectivity index (χ1n) is 7.94. The molecule has 0 aromatic carbocycles. The highest BCUT2D eigenvalue weighted by Gasteiger charge is 2.21. The third-order valence-electron chi connectivity index (χ3n) is 4.16. The Kier molecular flexibility index (Phi) is 4.06. The van der Waals surface area contributed by atoms with Gasteiger partial charge in [-0.05, 0) is 42.9 Å². The molecule has 1 saturated carbocycles. The lowest BCUT2D eigenvalue weighted by atomic mass is 10.1. The minimum absolute atomic E-state index is 0.710. The van der Waals surface area contributed by atoms with E-state index >= 15 is 0 Å². The molecule has 0 amide bonds. The van der Waals surface area contributed by atoms with Gasteiger partial charge in [0.15, 0.2) is 0 Å². The highest BCUT2D eigenvalue weighted by atomic mass is 15.0. The first-order chi connectivity index (χ1) is 9.78. The van der Waals surface area contributed by atoms with Crippen molar-refractivity contribution in [3.05, 3.63) is 30.1 Å². The molecule has 1 aliphatic rings. The Bertz CT molecular complexity index is 569. The van der Waals surface area contributed by atoms with E-state index in [4.69, 9.17) is 0 Å². The summed E-state index contributed by atoms with van der Waals surface area (Å²) in [7, 11) is 0. The average Bonchev–Trinajstić information content (AvgIpc) is 3.21. The van der Waals surface area contributed by atoms with Gasteiger partial charge in [-0.1, -0.05) is 20.3 Å². The van der Waals surface area contributed by atoms with Crippen LogP contribution in [-0.2, 0) is 13.1 Å². The van der Waals surface area contributed by atoms with Crippen molar-refractivity contribution in [3.8, 4) is 0 Å². The van der Waals surface area contributed by atoms with Crippen LogP contribution >= 0.6 is 0 Å². The monoisotopic (exact) mass is 271 g/mol. The maximum atomic E-state index is 4.59. The molecule has 0 radical (unpaired) electrons. The first-order valence-corrected chi connectivity index (χ1v) is 7.94. The number of hydrogen-bond acceptors (Lipinski definition) is 2. The molecule has 3 heteroatoms. The molecular formula is C17H25N3. The van der Waals surface area contributed by atoms with Crippen LogP contribution in [0.4, 0.5) is 0 Å². The summed E-state index contributed by atoms with van der Waals surface area (Å²) in [6, 6.07) is 5.00. The van der Waals surface area contributed by atoms with Crippen LogP contribution in [0.3, 0.4) is 0 Å². The number of pyridine rings is 1. The van der Waals surface area contributed by atoms with Crippen LogP contribution in [0.1, 0.15) is 45.1 Å². The number of rotatable bonds is 7. The summed E-state index contributed by atoms with van der Waals surface area (Å²) in [6.07, 6.45) is 9.42. The summed E-state index contributed by atoms with van der Waals surface area (Å²) in [4.78, 5) is 4.59. The van der Waals surface area contributed by atoms with Gasteiger partial charge >= 0.3 is 0 Å². The molecule has 1 unspecified atom stereocenters. The molecule has 3 rings (SSSR count). The van der Waals surface area contributed by atoms with Crippen molar-refractivity contribution in [3.63, 3.8) is 0 Å². The minimum atomic E-state index is 0.710. The van der Waals surface area contributed by atoms with Crippen molar-refractivity contribution >= 4 is 11.0 Å². The van der Waals surface area contributed by atoms with Gasteiger partial charge in [-0.15, -0.1) is 0 Å². The Morgan fingerprint density at radius 1 is 1.45 bits per heavy atom. The minimum Gasteiger partial charge on any atom is -0.332 e. The molecule has 108 valence electrons. The normalized spacial score (nSPS) is 16.7. The Labute approximate surface area is 121 Å².